The zero-order valence-electron chi connectivity index (χ0n) is 23.6. The monoisotopic (exact) mass is 568 g/mol. The SMILES string of the molecule is CCCCS(=O)(=O)NC(=O)C12CC1/C=C\CCCCCC(NC(=O)OC(C)(C)C)C(=O)N1CCCC1C(=O)N2. The Kier molecular flexibility index (Phi) is 10.1. The maximum Gasteiger partial charge on any atom is 0.408 e. The number of nitrogens with zero attached hydrogens (tertiary/aromatic N) is 1. The molecule has 0 aromatic rings. The average Bonchev–Trinajstić information content (AvgIpc) is 3.29. The molecule has 2 heterocycles. The number of carbonyl (C=O) groups is 4. The first-order chi connectivity index (χ1) is 18.3. The highest BCUT2D eigenvalue weighted by Gasteiger charge is 2.61. The molecular formula is C27H44N4O7S. The summed E-state index contributed by atoms with van der Waals surface area (Å²) in [6.45, 7) is 7.43. The van der Waals surface area contributed by atoms with Crippen LogP contribution in [0.3, 0.4) is 0 Å². The van der Waals surface area contributed by atoms with Crippen LogP contribution in [0.1, 0.15) is 91.9 Å². The van der Waals surface area contributed by atoms with Gasteiger partial charge in [-0.25, -0.2) is 13.2 Å². The van der Waals surface area contributed by atoms with E-state index in [1.54, 1.807) is 20.8 Å². The van der Waals surface area contributed by atoms with Gasteiger partial charge in [-0.2, -0.15) is 0 Å². The number of nitrogens with one attached hydrogen (secondary N) is 3. The Morgan fingerprint density at radius 1 is 1.15 bits per heavy atom. The topological polar surface area (TPSA) is 151 Å². The third-order valence-corrected chi connectivity index (χ3v) is 8.66. The second-order valence-electron chi connectivity index (χ2n) is 11.8. The van der Waals surface area contributed by atoms with Gasteiger partial charge >= 0.3 is 6.09 Å². The van der Waals surface area contributed by atoms with Crippen molar-refractivity contribution in [1.29, 1.82) is 0 Å². The Hall–Kier alpha value is -2.63. The lowest BCUT2D eigenvalue weighted by atomic mass is 10.0. The van der Waals surface area contributed by atoms with Gasteiger partial charge in [0.15, 0.2) is 0 Å². The van der Waals surface area contributed by atoms with E-state index in [9.17, 15) is 27.6 Å². The maximum absolute atomic E-state index is 13.6. The van der Waals surface area contributed by atoms with Crippen molar-refractivity contribution in [1.82, 2.24) is 20.3 Å². The molecule has 0 aromatic heterocycles. The summed E-state index contributed by atoms with van der Waals surface area (Å²) in [6, 6.07) is -1.67. The minimum absolute atomic E-state index is 0.170. The standard InChI is InChI=1S/C27H44N4O7S/c1-5-6-17-39(36,37)30-24(34)27-18-19(27)13-10-8-7-9-11-14-20(28-25(35)38-26(2,3)4)23(33)31-16-12-15-21(31)22(32)29-27/h10,13,19-21H,5-9,11-12,14-18H2,1-4H3,(H,28,35)(H,29,32)(H,30,34)/b13-10-. The molecular weight excluding hydrogens is 524 g/mol. The van der Waals surface area contributed by atoms with Crippen molar-refractivity contribution in [2.45, 2.75) is 115 Å². The fourth-order valence-electron chi connectivity index (χ4n) is 5.16. The van der Waals surface area contributed by atoms with Crippen molar-refractivity contribution in [3.8, 4) is 0 Å². The fraction of sp³-hybridized carbons (Fsp3) is 0.778. The van der Waals surface area contributed by atoms with Gasteiger partial charge in [-0.15, -0.1) is 0 Å². The van der Waals surface area contributed by atoms with Crippen molar-refractivity contribution in [2.24, 2.45) is 5.92 Å². The maximum atomic E-state index is 13.6. The lowest BCUT2D eigenvalue weighted by molar-refractivity contribution is -0.141. The van der Waals surface area contributed by atoms with Crippen LogP contribution in [-0.4, -0.2) is 72.7 Å². The van der Waals surface area contributed by atoms with Gasteiger partial charge in [0.25, 0.3) is 5.91 Å². The first-order valence-electron chi connectivity index (χ1n) is 14.1. The van der Waals surface area contributed by atoms with E-state index >= 15 is 0 Å². The molecule has 0 aromatic carbocycles. The van der Waals surface area contributed by atoms with Crippen molar-refractivity contribution >= 4 is 33.8 Å². The summed E-state index contributed by atoms with van der Waals surface area (Å²) >= 11 is 0. The summed E-state index contributed by atoms with van der Waals surface area (Å²) < 4.78 is 32.5. The smallest absolute Gasteiger partial charge is 0.408 e. The summed E-state index contributed by atoms with van der Waals surface area (Å²) in [7, 11) is -3.84. The molecule has 220 valence electrons. The van der Waals surface area contributed by atoms with Gasteiger partial charge in [0.2, 0.25) is 21.8 Å². The molecule has 3 aliphatic rings. The third-order valence-electron chi connectivity index (χ3n) is 7.34. The molecule has 11 nitrogen and oxygen atoms in total. The number of alkyl carbamates (subject to hydrolysis) is 1. The molecule has 0 radical (unpaired) electrons. The van der Waals surface area contributed by atoms with Crippen molar-refractivity contribution in [3.63, 3.8) is 0 Å². The normalized spacial score (nSPS) is 29.1. The van der Waals surface area contributed by atoms with Gasteiger partial charge < -0.3 is 20.3 Å². The molecule has 2 aliphatic heterocycles. The summed E-state index contributed by atoms with van der Waals surface area (Å²) in [5.74, 6) is -2.11. The first-order valence-corrected chi connectivity index (χ1v) is 15.8. The van der Waals surface area contributed by atoms with Gasteiger partial charge in [0, 0.05) is 12.5 Å². The molecule has 0 spiro atoms. The molecule has 39 heavy (non-hydrogen) atoms. The molecule has 4 amide bonds. The number of unbranched alkanes of at least 4 members (excludes halogenated alkanes) is 1. The van der Waals surface area contributed by atoms with E-state index in [0.29, 0.717) is 45.1 Å². The zero-order chi connectivity index (χ0) is 28.8. The number of fused-ring (bicyclic) bond motifs is 2. The molecule has 12 heteroatoms. The Morgan fingerprint density at radius 2 is 1.90 bits per heavy atom. The van der Waals surface area contributed by atoms with Crippen LogP contribution >= 0.6 is 0 Å². The highest BCUT2D eigenvalue weighted by atomic mass is 32.2. The minimum Gasteiger partial charge on any atom is -0.444 e. The van der Waals surface area contributed by atoms with E-state index in [1.807, 2.05) is 19.1 Å². The molecule has 1 aliphatic carbocycles. The summed E-state index contributed by atoms with van der Waals surface area (Å²) in [4.78, 5) is 54.3. The van der Waals surface area contributed by atoms with Crippen LogP contribution in [0.4, 0.5) is 4.79 Å². The molecule has 4 unspecified atom stereocenters. The fourth-order valence-corrected chi connectivity index (χ4v) is 6.40. The van der Waals surface area contributed by atoms with Gasteiger partial charge in [0.1, 0.15) is 23.2 Å². The first kappa shape index (κ1) is 30.9. The second kappa shape index (κ2) is 12.7. The van der Waals surface area contributed by atoms with Gasteiger partial charge in [0.05, 0.1) is 5.75 Å². The predicted octanol–water partition coefficient (Wildman–Crippen LogP) is 2.51. The van der Waals surface area contributed by atoms with Crippen LogP contribution in [0.2, 0.25) is 0 Å². The van der Waals surface area contributed by atoms with Crippen LogP contribution in [0, 0.1) is 5.92 Å². The van der Waals surface area contributed by atoms with E-state index in [1.165, 1.54) is 4.90 Å². The summed E-state index contributed by atoms with van der Waals surface area (Å²) in [6.07, 6.45) is 9.05. The van der Waals surface area contributed by atoms with Gasteiger partial charge in [-0.05, 0) is 65.7 Å². The lowest BCUT2D eigenvalue weighted by Crippen LogP contribution is -2.58. The molecule has 0 bridgehead atoms. The number of carbonyl (C=O) groups excluding carboxylic acids is 4. The number of amides is 4. The number of hydrogen-bond acceptors (Lipinski definition) is 7. The minimum atomic E-state index is -3.84. The van der Waals surface area contributed by atoms with Crippen molar-refractivity contribution in [2.75, 3.05) is 12.3 Å². The van der Waals surface area contributed by atoms with E-state index in [0.717, 1.165) is 19.3 Å². The number of ether oxygens (including phenoxy) is 1. The average molecular weight is 569 g/mol. The van der Waals surface area contributed by atoms with Crippen LogP contribution < -0.4 is 15.4 Å². The molecule has 3 N–H and O–H groups in total. The lowest BCUT2D eigenvalue weighted by Gasteiger charge is -2.30. The zero-order valence-corrected chi connectivity index (χ0v) is 24.4. The Labute approximate surface area is 231 Å². The number of hydrogen-bond donors (Lipinski definition) is 3. The van der Waals surface area contributed by atoms with Crippen LogP contribution in [0.15, 0.2) is 12.2 Å². The number of rotatable bonds is 6. The van der Waals surface area contributed by atoms with Crippen molar-refractivity contribution in [3.05, 3.63) is 12.2 Å². The largest absolute Gasteiger partial charge is 0.444 e. The van der Waals surface area contributed by atoms with Crippen LogP contribution in [0.5, 0.6) is 0 Å². The number of sulfonamides is 1. The summed E-state index contributed by atoms with van der Waals surface area (Å²) in [5.41, 5.74) is -2.10. The quantitative estimate of drug-likeness (QED) is 0.417. The van der Waals surface area contributed by atoms with Gasteiger partial charge in [-0.1, -0.05) is 38.3 Å². The highest BCUT2D eigenvalue weighted by Crippen LogP contribution is 2.45. The van der Waals surface area contributed by atoms with E-state index in [-0.39, 0.29) is 24.0 Å². The third kappa shape index (κ3) is 8.43. The van der Waals surface area contributed by atoms with E-state index in [4.69, 9.17) is 4.74 Å². The van der Waals surface area contributed by atoms with Crippen LogP contribution in [-0.2, 0) is 29.1 Å². The Bertz CT molecular complexity index is 1070. The molecule has 4 atom stereocenters. The Balaban J connectivity index is 1.82. The number of allylic oxidation sites excluding steroid dienone is 1. The molecule has 1 saturated carbocycles. The summed E-state index contributed by atoms with van der Waals surface area (Å²) in [5, 5.41) is 5.52. The van der Waals surface area contributed by atoms with Gasteiger partial charge in [-0.3, -0.25) is 19.1 Å². The predicted molar refractivity (Wildman–Crippen MR) is 146 cm³/mol. The molecule has 2 fully saturated rings. The molecule has 1 saturated heterocycles. The van der Waals surface area contributed by atoms with E-state index in [2.05, 4.69) is 15.4 Å². The van der Waals surface area contributed by atoms with E-state index < -0.39 is 51.2 Å². The second-order valence-corrected chi connectivity index (χ2v) is 13.7. The van der Waals surface area contributed by atoms with Crippen molar-refractivity contribution < 1.29 is 32.3 Å². The molecule has 3 rings (SSSR count). The Morgan fingerprint density at radius 3 is 2.59 bits per heavy atom. The van der Waals surface area contributed by atoms with Crippen LogP contribution in [0.25, 0.3) is 0 Å². The highest BCUT2D eigenvalue weighted by molar-refractivity contribution is 7.90.